The number of hydrogen-bond acceptors (Lipinski definition) is 4. The van der Waals surface area contributed by atoms with Crippen LogP contribution >= 0.6 is 0 Å². The van der Waals surface area contributed by atoms with Gasteiger partial charge in [-0.1, -0.05) is 31.5 Å². The van der Waals surface area contributed by atoms with Gasteiger partial charge in [0, 0.05) is 0 Å². The summed E-state index contributed by atoms with van der Waals surface area (Å²) in [7, 11) is 0. The van der Waals surface area contributed by atoms with Gasteiger partial charge in [-0.05, 0) is 18.1 Å². The number of anilines is 1. The summed E-state index contributed by atoms with van der Waals surface area (Å²) in [6.07, 6.45) is 3.34. The largest absolute Gasteiger partial charge is 0.368 e. The molecule has 0 atom stereocenters. The van der Waals surface area contributed by atoms with Gasteiger partial charge in [-0.15, -0.1) is 0 Å². The van der Waals surface area contributed by atoms with Gasteiger partial charge in [-0.25, -0.2) is 9.78 Å². The molecule has 1 heterocycles. The Hall–Kier alpha value is -2.17. The van der Waals surface area contributed by atoms with Crippen molar-refractivity contribution in [2.24, 2.45) is 0 Å². The first kappa shape index (κ1) is 11.3. The van der Waals surface area contributed by atoms with Crippen LogP contribution < -0.4 is 11.4 Å². The Morgan fingerprint density at radius 1 is 1.35 bits per heavy atom. The summed E-state index contributed by atoms with van der Waals surface area (Å²) in [6, 6.07) is 7.72. The van der Waals surface area contributed by atoms with E-state index in [1.54, 1.807) is 0 Å². The molecule has 0 fully saturated rings. The fraction of sp³-hybridized carbons (Fsp3) is 0.250. The van der Waals surface area contributed by atoms with E-state index >= 15 is 0 Å². The lowest BCUT2D eigenvalue weighted by Gasteiger charge is -2.09. The Morgan fingerprint density at radius 2 is 2.12 bits per heavy atom. The summed E-state index contributed by atoms with van der Waals surface area (Å²) in [6.45, 7) is 2.10. The van der Waals surface area contributed by atoms with Gasteiger partial charge in [0.15, 0.2) is 0 Å². The van der Waals surface area contributed by atoms with Gasteiger partial charge in [0.1, 0.15) is 6.33 Å². The van der Waals surface area contributed by atoms with Crippen LogP contribution in [-0.4, -0.2) is 14.5 Å². The Bertz CT molecular complexity index is 577. The minimum Gasteiger partial charge on any atom is -0.368 e. The third-order valence-electron chi connectivity index (χ3n) is 2.49. The monoisotopic (exact) mass is 230 g/mol. The number of hydrogen-bond donors (Lipinski definition) is 1. The molecule has 17 heavy (non-hydrogen) atoms. The number of nitrogen functional groups attached to an aromatic ring is 1. The number of aromatic nitrogens is 3. The zero-order chi connectivity index (χ0) is 12.3. The molecule has 0 aliphatic carbocycles. The summed E-state index contributed by atoms with van der Waals surface area (Å²) in [5.74, 6) is -0.000720. The number of para-hydroxylation sites is 1. The Kier molecular flexibility index (Phi) is 3.18. The lowest BCUT2D eigenvalue weighted by Crippen LogP contribution is -2.23. The minimum absolute atomic E-state index is 0.000720. The molecule has 2 rings (SSSR count). The maximum Gasteiger partial charge on any atom is 0.356 e. The standard InChI is InChI=1S/C12H14N4O/c1-2-5-9-6-3-4-7-10(9)16-8-14-11(13)15-12(16)17/h3-4,6-8H,2,5H2,1H3,(H2,13,15,17). The van der Waals surface area contributed by atoms with Crippen molar-refractivity contribution < 1.29 is 0 Å². The van der Waals surface area contributed by atoms with E-state index in [4.69, 9.17) is 5.73 Å². The first-order valence-electron chi connectivity index (χ1n) is 5.52. The molecule has 5 heteroatoms. The van der Waals surface area contributed by atoms with E-state index in [1.807, 2.05) is 24.3 Å². The van der Waals surface area contributed by atoms with E-state index in [2.05, 4.69) is 16.9 Å². The van der Waals surface area contributed by atoms with Gasteiger partial charge < -0.3 is 5.73 Å². The topological polar surface area (TPSA) is 73.8 Å². The second-order valence-electron chi connectivity index (χ2n) is 3.75. The van der Waals surface area contributed by atoms with Crippen molar-refractivity contribution in [2.75, 3.05) is 5.73 Å². The van der Waals surface area contributed by atoms with Crippen molar-refractivity contribution >= 4 is 5.95 Å². The molecule has 0 unspecified atom stereocenters. The summed E-state index contributed by atoms with van der Waals surface area (Å²) >= 11 is 0. The lowest BCUT2D eigenvalue weighted by atomic mass is 10.1. The molecule has 0 radical (unpaired) electrons. The summed E-state index contributed by atoms with van der Waals surface area (Å²) < 4.78 is 1.42. The molecule has 0 aliphatic heterocycles. The highest BCUT2D eigenvalue weighted by atomic mass is 16.1. The highest BCUT2D eigenvalue weighted by Gasteiger charge is 2.06. The number of nitrogens with two attached hydrogens (primary N) is 1. The molecule has 88 valence electrons. The highest BCUT2D eigenvalue weighted by molar-refractivity contribution is 5.40. The lowest BCUT2D eigenvalue weighted by molar-refractivity contribution is 0.837. The molecule has 2 aromatic rings. The van der Waals surface area contributed by atoms with Crippen LogP contribution in [0.3, 0.4) is 0 Å². The van der Waals surface area contributed by atoms with Crippen molar-refractivity contribution in [1.29, 1.82) is 0 Å². The van der Waals surface area contributed by atoms with Crippen LogP contribution in [0.25, 0.3) is 5.69 Å². The van der Waals surface area contributed by atoms with Gasteiger partial charge in [-0.2, -0.15) is 4.98 Å². The number of nitrogens with zero attached hydrogens (tertiary/aromatic N) is 3. The van der Waals surface area contributed by atoms with E-state index < -0.39 is 5.69 Å². The van der Waals surface area contributed by atoms with E-state index in [0.29, 0.717) is 0 Å². The summed E-state index contributed by atoms with van der Waals surface area (Å²) in [4.78, 5) is 19.2. The average Bonchev–Trinajstić information content (AvgIpc) is 2.31. The molecule has 1 aromatic carbocycles. The van der Waals surface area contributed by atoms with Crippen LogP contribution in [0.5, 0.6) is 0 Å². The molecule has 0 spiro atoms. The Balaban J connectivity index is 2.56. The minimum atomic E-state index is -0.402. The van der Waals surface area contributed by atoms with Crippen LogP contribution in [0.2, 0.25) is 0 Å². The number of benzene rings is 1. The predicted octanol–water partition coefficient (Wildman–Crippen LogP) is 1.16. The molecule has 5 nitrogen and oxygen atoms in total. The SMILES string of the molecule is CCCc1ccccc1-n1cnc(N)nc1=O. The van der Waals surface area contributed by atoms with Gasteiger partial charge in [0.25, 0.3) is 0 Å². The van der Waals surface area contributed by atoms with E-state index in [0.717, 1.165) is 24.1 Å². The molecule has 0 amide bonds. The summed E-state index contributed by atoms with van der Waals surface area (Å²) in [5, 5.41) is 0. The third kappa shape index (κ3) is 2.33. The van der Waals surface area contributed by atoms with Crippen LogP contribution in [-0.2, 0) is 6.42 Å². The quantitative estimate of drug-likeness (QED) is 0.858. The predicted molar refractivity (Wildman–Crippen MR) is 66.0 cm³/mol. The highest BCUT2D eigenvalue weighted by Crippen LogP contribution is 2.13. The molecule has 0 aliphatic rings. The maximum absolute atomic E-state index is 11.7. The zero-order valence-corrected chi connectivity index (χ0v) is 9.63. The third-order valence-corrected chi connectivity index (χ3v) is 2.49. The van der Waals surface area contributed by atoms with E-state index in [9.17, 15) is 4.79 Å². The summed E-state index contributed by atoms with van der Waals surface area (Å²) in [5.41, 5.74) is 6.89. The van der Waals surface area contributed by atoms with Crippen LogP contribution in [0, 0.1) is 0 Å². The molecule has 0 saturated heterocycles. The van der Waals surface area contributed by atoms with Crippen molar-refractivity contribution in [3.8, 4) is 5.69 Å². The Morgan fingerprint density at radius 3 is 2.82 bits per heavy atom. The van der Waals surface area contributed by atoms with Gasteiger partial charge in [0.05, 0.1) is 5.69 Å². The van der Waals surface area contributed by atoms with Crippen molar-refractivity contribution in [1.82, 2.24) is 14.5 Å². The first-order valence-corrected chi connectivity index (χ1v) is 5.52. The van der Waals surface area contributed by atoms with Crippen LogP contribution in [0.1, 0.15) is 18.9 Å². The number of aryl methyl sites for hydroxylation is 1. The molecule has 0 bridgehead atoms. The Labute approximate surface area is 99.0 Å². The van der Waals surface area contributed by atoms with Crippen molar-refractivity contribution in [3.63, 3.8) is 0 Å². The van der Waals surface area contributed by atoms with E-state index in [-0.39, 0.29) is 5.95 Å². The first-order chi connectivity index (χ1) is 8.22. The van der Waals surface area contributed by atoms with Gasteiger partial charge in [0.2, 0.25) is 5.95 Å². The second-order valence-corrected chi connectivity index (χ2v) is 3.75. The molecule has 2 N–H and O–H groups in total. The second kappa shape index (κ2) is 4.78. The normalized spacial score (nSPS) is 10.4. The average molecular weight is 230 g/mol. The molecular weight excluding hydrogens is 216 g/mol. The van der Waals surface area contributed by atoms with Gasteiger partial charge in [-0.3, -0.25) is 4.57 Å². The zero-order valence-electron chi connectivity index (χ0n) is 9.63. The smallest absolute Gasteiger partial charge is 0.356 e. The molecule has 1 aromatic heterocycles. The fourth-order valence-electron chi connectivity index (χ4n) is 1.74. The maximum atomic E-state index is 11.7. The fourth-order valence-corrected chi connectivity index (χ4v) is 1.74. The van der Waals surface area contributed by atoms with Crippen LogP contribution in [0.15, 0.2) is 35.4 Å². The van der Waals surface area contributed by atoms with Crippen molar-refractivity contribution in [2.45, 2.75) is 19.8 Å². The molecule has 0 saturated carbocycles. The van der Waals surface area contributed by atoms with Crippen LogP contribution in [0.4, 0.5) is 5.95 Å². The van der Waals surface area contributed by atoms with Gasteiger partial charge >= 0.3 is 5.69 Å². The van der Waals surface area contributed by atoms with Crippen molar-refractivity contribution in [3.05, 3.63) is 46.6 Å². The number of rotatable bonds is 3. The van der Waals surface area contributed by atoms with E-state index in [1.165, 1.54) is 10.9 Å². The molecular formula is C12H14N4O.